The minimum atomic E-state index is -5.58. The number of anilines is 3. The van der Waals surface area contributed by atoms with Crippen LogP contribution in [0.25, 0.3) is 11.2 Å². The minimum absolute atomic E-state index is 0.0203. The molecule has 546 valence electrons. The fraction of sp³-hybridized carbons (Fsp3) is 0.562. The van der Waals surface area contributed by atoms with Gasteiger partial charge in [0.1, 0.15) is 104 Å². The Balaban J connectivity index is 0.786. The van der Waals surface area contributed by atoms with Crippen molar-refractivity contribution < 1.29 is 117 Å². The smallest absolute Gasteiger partial charge is 0.390 e. The summed E-state index contributed by atoms with van der Waals surface area (Å²) in [5, 5.41) is 10.8. The molecule has 6 aromatic heterocycles. The molecule has 5 unspecified atom stereocenters. The standard InChI is InChI=1S/C48H62N15O32P5/c1-20-12-61(47(70)57-41(20)65)36-9-23(28(88-36)14-82-96(72)73)92-98(76,77)85-17-30-25(10-37(90-30)62-13-21(2)42(66)58-48(62)71)94-100(80,81)84-16-29-24(8-35(89-29)60-6-4-33(50)54-46(60)69)93-99(78,79)86-18-31-26(11-38(91-31)63-19-52-39-40(63)55-44(51)56-43(39)67)95-97(74,75)83-15-27-22(64)7-34(87-27)59-5-3-32(49)53-45(59)68/h3-6,12-13,19,22-31,34-38,64H,7-11,14-18H2,1-2H3,(H13-,49,50,51,53,54,55,56,57,58,65,66,67,68,69,70,71,72,73,74,75,76,77,78,79,80,81)/p+1/t22-,23-,24-,25-,26-,27+,28+,29+,30+,31+,34+,35+,36+,37+,38+/m0/s1. The number of aliphatic hydroxyl groups excluding tert-OH is 1. The van der Waals surface area contributed by atoms with Crippen LogP contribution >= 0.6 is 39.5 Å². The topological polar surface area (TPSA) is 657 Å². The summed E-state index contributed by atoms with van der Waals surface area (Å²) in [4.78, 5) is 165. The third-order valence-electron chi connectivity index (χ3n) is 16.0. The Hall–Kier alpha value is -6.91. The van der Waals surface area contributed by atoms with E-state index in [4.69, 9.17) is 81.6 Å². The van der Waals surface area contributed by atoms with Crippen molar-refractivity contribution >= 4 is 68.3 Å². The number of phosphoric acid groups is 4. The predicted molar refractivity (Wildman–Crippen MR) is 328 cm³/mol. The lowest BCUT2D eigenvalue weighted by atomic mass is 10.2. The Bertz CT molecular complexity index is 4720. The summed E-state index contributed by atoms with van der Waals surface area (Å²) >= 11 is 0. The number of aryl methyl sites for hydroxylation is 2. The average Bonchev–Trinajstić information content (AvgIpc) is 1.66. The minimum Gasteiger partial charge on any atom is -0.390 e. The first-order valence-electron chi connectivity index (χ1n) is 29.5. The highest BCUT2D eigenvalue weighted by atomic mass is 31.2. The van der Waals surface area contributed by atoms with Gasteiger partial charge in [0.15, 0.2) is 11.2 Å². The van der Waals surface area contributed by atoms with Gasteiger partial charge in [0.2, 0.25) is 5.95 Å². The SMILES string of the molecule is Cc1cn([C@H]2C[C@H](OP(=O)(O)OC[C@H]3O[C@@H](n4cc(C)c(=O)[nH]c4=O)C[C@@H]3OP(=O)(O)OC[C@H]3O[C@@H](n4ccc(N)nc4=O)C[C@@H]3OP(=O)(O)OC[C@H]3O[C@@H](n4cnc5c(=O)[nH]c(N)nc54)C[C@@H]3OP(=O)(O)OC[C@H]3O[C@@H](n4ccc(N)nc4=O)C[C@@H]3O)[C@@H](CO[P+](=O)O)O2)c(=O)[nH]c1=O. The molecule has 0 spiro atoms. The second-order valence-corrected chi connectivity index (χ2v) is 29.2. The van der Waals surface area contributed by atoms with Gasteiger partial charge in [-0.2, -0.15) is 15.0 Å². The highest BCUT2D eigenvalue weighted by molar-refractivity contribution is 7.48. The average molecular weight is 1520 g/mol. The monoisotopic (exact) mass is 1520 g/mol. The largest absolute Gasteiger partial charge is 0.694 e. The van der Waals surface area contributed by atoms with Crippen LogP contribution in [0.2, 0.25) is 0 Å². The lowest BCUT2D eigenvalue weighted by Crippen LogP contribution is -2.33. The first-order valence-corrected chi connectivity index (χ1v) is 36.6. The molecule has 0 radical (unpaired) electrons. The fourth-order valence-electron chi connectivity index (χ4n) is 11.2. The summed E-state index contributed by atoms with van der Waals surface area (Å²) in [6, 6.07) is 2.48. The maximum Gasteiger partial charge on any atom is 0.694 e. The lowest BCUT2D eigenvalue weighted by Gasteiger charge is -2.25. The summed E-state index contributed by atoms with van der Waals surface area (Å²) < 4.78 is 150. The van der Waals surface area contributed by atoms with Crippen molar-refractivity contribution in [3.63, 3.8) is 0 Å². The van der Waals surface area contributed by atoms with Crippen LogP contribution in [0, 0.1) is 13.8 Å². The molecular formula is C48H63N15O32P5+. The van der Waals surface area contributed by atoms with Crippen molar-refractivity contribution in [2.45, 2.75) is 138 Å². The van der Waals surface area contributed by atoms with Crippen LogP contribution in [0.5, 0.6) is 0 Å². The summed E-state index contributed by atoms with van der Waals surface area (Å²) in [7, 11) is -25.1. The van der Waals surface area contributed by atoms with Crippen LogP contribution in [0.3, 0.4) is 0 Å². The number of hydrogen-bond acceptors (Lipinski definition) is 34. The van der Waals surface area contributed by atoms with Crippen LogP contribution in [0.15, 0.2) is 76.8 Å². The number of nitrogens with two attached hydrogens (primary N) is 3. The molecule has 5 aliphatic heterocycles. The molecule has 20 atom stereocenters. The van der Waals surface area contributed by atoms with Crippen molar-refractivity contribution in [2.24, 2.45) is 0 Å². The van der Waals surface area contributed by atoms with Gasteiger partial charge in [0.05, 0.1) is 38.9 Å². The molecule has 6 aromatic rings. The molecule has 0 aliphatic carbocycles. The van der Waals surface area contributed by atoms with Gasteiger partial charge in [-0.25, -0.2) is 42.4 Å². The van der Waals surface area contributed by atoms with Gasteiger partial charge in [0, 0.05) is 72.6 Å². The highest BCUT2D eigenvalue weighted by Gasteiger charge is 2.50. The van der Waals surface area contributed by atoms with Crippen LogP contribution in [0.1, 0.15) is 74.4 Å². The van der Waals surface area contributed by atoms with Crippen LogP contribution in [0.4, 0.5) is 17.6 Å². The maximum absolute atomic E-state index is 14.2. The molecule has 11 heterocycles. The number of aliphatic hydroxyl groups is 1. The fourth-order valence-corrected chi connectivity index (χ4v) is 15.3. The molecule has 0 saturated carbocycles. The van der Waals surface area contributed by atoms with Crippen LogP contribution < -0.4 is 56.6 Å². The number of phosphoric ester groups is 4. The number of fused-ring (bicyclic) bond motifs is 1. The quantitative estimate of drug-likeness (QED) is 0.0227. The second-order valence-electron chi connectivity index (χ2n) is 22.9. The number of rotatable bonds is 28. The molecule has 0 amide bonds. The molecular weight excluding hydrogens is 1450 g/mol. The second kappa shape index (κ2) is 29.8. The van der Waals surface area contributed by atoms with E-state index in [9.17, 15) is 86.0 Å². The number of nitrogens with zero attached hydrogens (tertiary/aromatic N) is 9. The first-order chi connectivity index (χ1) is 47.1. The van der Waals surface area contributed by atoms with Crippen molar-refractivity contribution in [3.05, 3.63) is 127 Å². The van der Waals surface area contributed by atoms with E-state index in [2.05, 4.69) is 34.9 Å². The van der Waals surface area contributed by atoms with Crippen molar-refractivity contribution in [3.8, 4) is 0 Å². The van der Waals surface area contributed by atoms with E-state index in [1.54, 1.807) is 0 Å². The van der Waals surface area contributed by atoms with E-state index >= 15 is 0 Å². The van der Waals surface area contributed by atoms with Crippen LogP contribution in [-0.4, -0.2) is 181 Å². The van der Waals surface area contributed by atoms with Gasteiger partial charge < -0.3 is 65.6 Å². The Labute approximate surface area is 556 Å². The van der Waals surface area contributed by atoms with Gasteiger partial charge in [0.25, 0.3) is 16.7 Å². The van der Waals surface area contributed by atoms with E-state index in [-0.39, 0.29) is 46.3 Å². The van der Waals surface area contributed by atoms with Gasteiger partial charge in [-0.1, -0.05) is 0 Å². The molecule has 5 aliphatic rings. The zero-order valence-electron chi connectivity index (χ0n) is 51.6. The van der Waals surface area contributed by atoms with Gasteiger partial charge in [-0.3, -0.25) is 88.4 Å². The van der Waals surface area contributed by atoms with Gasteiger partial charge in [-0.05, 0) is 26.0 Å². The Kier molecular flexibility index (Phi) is 22.1. The molecule has 11 rings (SSSR count). The summed E-state index contributed by atoms with van der Waals surface area (Å²) in [6.07, 6.45) is -19.3. The number of nitrogen functional groups attached to an aromatic ring is 3. The van der Waals surface area contributed by atoms with E-state index < -0.39 is 230 Å². The molecule has 0 aromatic carbocycles. The third-order valence-corrected chi connectivity index (χ3v) is 20.4. The molecule has 100 heavy (non-hydrogen) atoms. The Morgan fingerprint density at radius 3 is 1.28 bits per heavy atom. The maximum atomic E-state index is 14.2. The molecule has 47 nitrogen and oxygen atoms in total. The number of imidazole rings is 1. The molecule has 52 heteroatoms. The van der Waals surface area contributed by atoms with Crippen molar-refractivity contribution in [1.29, 1.82) is 0 Å². The number of nitrogens with one attached hydrogen (secondary N) is 3. The van der Waals surface area contributed by atoms with Gasteiger partial charge >= 0.3 is 62.3 Å². The summed E-state index contributed by atoms with van der Waals surface area (Å²) in [5.74, 6) is -0.676. The van der Waals surface area contributed by atoms with E-state index in [1.807, 2.05) is 0 Å². The van der Waals surface area contributed by atoms with E-state index in [1.165, 1.54) is 36.7 Å². The lowest BCUT2D eigenvalue weighted by molar-refractivity contribution is -0.0643. The number of aromatic amines is 3. The van der Waals surface area contributed by atoms with E-state index in [0.717, 1.165) is 43.2 Å². The summed E-state index contributed by atoms with van der Waals surface area (Å²) in [6.45, 7) is -2.13. The van der Waals surface area contributed by atoms with Crippen molar-refractivity contribution in [1.82, 2.24) is 57.7 Å². The first kappa shape index (κ1) is 74.3. The van der Waals surface area contributed by atoms with E-state index in [0.29, 0.717) is 0 Å². The number of H-pyrrole nitrogens is 3. The van der Waals surface area contributed by atoms with Gasteiger partial charge in [-0.15, -0.1) is 9.42 Å². The number of aromatic nitrogens is 12. The Morgan fingerprint density at radius 1 is 0.520 bits per heavy atom. The van der Waals surface area contributed by atoms with Crippen LogP contribution in [-0.2, 0) is 87.2 Å². The molecule has 0 bridgehead atoms. The number of hydrogen-bond donors (Lipinski definition) is 12. The number of ether oxygens (including phenoxy) is 5. The summed E-state index contributed by atoms with van der Waals surface area (Å²) in [5.41, 5.74) is 10.6. The molecule has 5 saturated heterocycles. The normalized spacial score (nSPS) is 29.6. The zero-order chi connectivity index (χ0) is 72.1. The molecule has 5 fully saturated rings. The molecule has 15 N–H and O–H groups in total. The van der Waals surface area contributed by atoms with Crippen molar-refractivity contribution in [2.75, 3.05) is 50.2 Å². The highest BCUT2D eigenvalue weighted by Crippen LogP contribution is 2.55. The zero-order valence-corrected chi connectivity index (χ0v) is 56.0. The third kappa shape index (κ3) is 17.6. The predicted octanol–water partition coefficient (Wildman–Crippen LogP) is -2.43. The Morgan fingerprint density at radius 2 is 0.880 bits per heavy atom.